The summed E-state index contributed by atoms with van der Waals surface area (Å²) in [6.45, 7) is 1.12. The summed E-state index contributed by atoms with van der Waals surface area (Å²) in [7, 11) is 0. The highest BCUT2D eigenvalue weighted by atomic mass is 16.5. The van der Waals surface area contributed by atoms with Crippen molar-refractivity contribution in [2.24, 2.45) is 32.9 Å². The van der Waals surface area contributed by atoms with Gasteiger partial charge in [0.05, 0.1) is 13.1 Å². The minimum Gasteiger partial charge on any atom is -0.507 e. The molecule has 0 saturated carbocycles. The lowest BCUT2D eigenvalue weighted by Gasteiger charge is -2.20. The van der Waals surface area contributed by atoms with E-state index < -0.39 is 0 Å². The predicted octanol–water partition coefficient (Wildman–Crippen LogP) is 3.08. The lowest BCUT2D eigenvalue weighted by molar-refractivity contribution is 0.322. The molecule has 0 aliphatic heterocycles. The van der Waals surface area contributed by atoms with E-state index in [9.17, 15) is 10.2 Å². The zero-order valence-electron chi connectivity index (χ0n) is 24.5. The van der Waals surface area contributed by atoms with Crippen LogP contribution in [0.15, 0.2) is 82.8 Å². The lowest BCUT2D eigenvalue weighted by atomic mass is 9.91. The number of aromatic hydroxyl groups is 2. The minimum absolute atomic E-state index is 0.000757. The molecule has 0 fully saturated rings. The Hall–Kier alpha value is -5.38. The summed E-state index contributed by atoms with van der Waals surface area (Å²) in [5, 5.41) is 23.0. The molecule has 0 aromatic heterocycles. The van der Waals surface area contributed by atoms with Crippen LogP contribution in [0, 0.1) is 0 Å². The van der Waals surface area contributed by atoms with Gasteiger partial charge in [-0.3, -0.25) is 9.98 Å². The highest BCUT2D eigenvalue weighted by Crippen LogP contribution is 2.37. The molecule has 0 radical (unpaired) electrons. The summed E-state index contributed by atoms with van der Waals surface area (Å²) in [4.78, 5) is 8.09. The highest BCUT2D eigenvalue weighted by molar-refractivity contribution is 5.76. The first-order chi connectivity index (χ1) is 21.3. The number of phenolic OH excluding ortho intramolecular Hbond substituents is 2. The van der Waals surface area contributed by atoms with Gasteiger partial charge in [0.1, 0.15) is 36.2 Å². The van der Waals surface area contributed by atoms with Crippen molar-refractivity contribution >= 4 is 11.9 Å². The molecule has 1 aliphatic carbocycles. The summed E-state index contributed by atoms with van der Waals surface area (Å²) in [6, 6.07) is 23.4. The number of aliphatic imine (C=N–C) groups is 2. The van der Waals surface area contributed by atoms with Crippen molar-refractivity contribution in [3.8, 4) is 23.0 Å². The average molecular weight is 595 g/mol. The van der Waals surface area contributed by atoms with E-state index in [0.29, 0.717) is 50.3 Å². The molecule has 5 rings (SSSR count). The van der Waals surface area contributed by atoms with Gasteiger partial charge in [-0.15, -0.1) is 0 Å². The Balaban J connectivity index is 1.62. The number of rotatable bonds is 8. The van der Waals surface area contributed by atoms with Gasteiger partial charge in [0.15, 0.2) is 11.9 Å². The molecular weight excluding hydrogens is 556 g/mol. The van der Waals surface area contributed by atoms with Crippen molar-refractivity contribution in [1.82, 2.24) is 0 Å². The Labute approximate surface area is 256 Å². The van der Waals surface area contributed by atoms with Crippen LogP contribution in [0.25, 0.3) is 0 Å². The van der Waals surface area contributed by atoms with E-state index in [2.05, 4.69) is 9.98 Å². The molecule has 1 aliphatic rings. The second-order valence-electron chi connectivity index (χ2n) is 10.7. The molecule has 10 nitrogen and oxygen atoms in total. The van der Waals surface area contributed by atoms with Crippen molar-refractivity contribution in [2.75, 3.05) is 26.3 Å². The van der Waals surface area contributed by atoms with Crippen LogP contribution in [0.1, 0.15) is 44.5 Å². The van der Waals surface area contributed by atoms with E-state index in [1.54, 1.807) is 0 Å². The number of hydrogen-bond donors (Lipinski definition) is 6. The summed E-state index contributed by atoms with van der Waals surface area (Å²) < 4.78 is 12.6. The van der Waals surface area contributed by atoms with Crippen molar-refractivity contribution in [2.45, 2.75) is 25.7 Å². The first-order valence-electron chi connectivity index (χ1n) is 14.5. The molecule has 228 valence electrons. The van der Waals surface area contributed by atoms with Gasteiger partial charge in [0.2, 0.25) is 0 Å². The number of ether oxygens (including phenoxy) is 2. The number of guanidine groups is 2. The summed E-state index contributed by atoms with van der Waals surface area (Å²) >= 11 is 0. The lowest BCUT2D eigenvalue weighted by Crippen LogP contribution is -2.23. The van der Waals surface area contributed by atoms with Gasteiger partial charge in [-0.1, -0.05) is 72.8 Å². The Morgan fingerprint density at radius 3 is 1.05 bits per heavy atom. The summed E-state index contributed by atoms with van der Waals surface area (Å²) in [6.07, 6.45) is 1.72. The second kappa shape index (κ2) is 13.7. The maximum Gasteiger partial charge on any atom is 0.186 e. The van der Waals surface area contributed by atoms with E-state index >= 15 is 0 Å². The first-order valence-corrected chi connectivity index (χ1v) is 14.5. The Kier molecular flexibility index (Phi) is 9.39. The van der Waals surface area contributed by atoms with E-state index in [4.69, 9.17) is 32.4 Å². The first kappa shape index (κ1) is 30.1. The second-order valence-corrected chi connectivity index (χ2v) is 10.7. The van der Waals surface area contributed by atoms with E-state index in [0.717, 1.165) is 44.5 Å². The number of para-hydroxylation sites is 4. The number of hydrogen-bond acceptors (Lipinski definition) is 6. The van der Waals surface area contributed by atoms with E-state index in [1.807, 2.05) is 72.8 Å². The standard InChI is InChI=1S/C34H38N6O4/c35-33(36)39-13-15-43-31-25-9-3-11-27(31)19-23-7-2-8-24(30(23)42)20-28-12-4-10-26(32(28)44-16-14-40-34(37)38)18-22-6-1-5-21(17-25)29(22)41/h1-12,41-42H,13-20H2,(H4,35,36,39)(H4,37,38,40). The van der Waals surface area contributed by atoms with Crippen LogP contribution >= 0.6 is 0 Å². The van der Waals surface area contributed by atoms with Gasteiger partial charge in [-0.2, -0.15) is 0 Å². The van der Waals surface area contributed by atoms with Crippen LogP contribution in [-0.4, -0.2) is 48.4 Å². The third kappa shape index (κ3) is 7.15. The van der Waals surface area contributed by atoms with Gasteiger partial charge in [0.25, 0.3) is 0 Å². The zero-order valence-corrected chi connectivity index (χ0v) is 24.5. The van der Waals surface area contributed by atoms with Crippen molar-refractivity contribution in [3.63, 3.8) is 0 Å². The van der Waals surface area contributed by atoms with Gasteiger partial charge in [-0.25, -0.2) is 0 Å². The third-order valence-corrected chi connectivity index (χ3v) is 7.55. The molecule has 4 aromatic rings. The van der Waals surface area contributed by atoms with Crippen molar-refractivity contribution in [3.05, 3.63) is 117 Å². The topological polar surface area (TPSA) is 188 Å². The molecule has 8 bridgehead atoms. The number of benzene rings is 4. The van der Waals surface area contributed by atoms with Crippen LogP contribution in [0.5, 0.6) is 23.0 Å². The zero-order chi connectivity index (χ0) is 31.1. The van der Waals surface area contributed by atoms with E-state index in [1.165, 1.54) is 0 Å². The van der Waals surface area contributed by atoms with E-state index in [-0.39, 0.29) is 36.6 Å². The van der Waals surface area contributed by atoms with Gasteiger partial charge < -0.3 is 42.6 Å². The molecule has 10 N–H and O–H groups in total. The van der Waals surface area contributed by atoms with Crippen LogP contribution in [0.2, 0.25) is 0 Å². The molecule has 0 spiro atoms. The molecule has 4 aromatic carbocycles. The number of fused-ring (bicyclic) bond motifs is 8. The predicted molar refractivity (Wildman–Crippen MR) is 173 cm³/mol. The maximum absolute atomic E-state index is 11.5. The maximum atomic E-state index is 11.5. The van der Waals surface area contributed by atoms with Gasteiger partial charge >= 0.3 is 0 Å². The molecule has 44 heavy (non-hydrogen) atoms. The summed E-state index contributed by atoms with van der Waals surface area (Å²) in [5.74, 6) is 1.80. The van der Waals surface area contributed by atoms with Crippen LogP contribution in [-0.2, 0) is 25.7 Å². The van der Waals surface area contributed by atoms with Crippen LogP contribution in [0.4, 0.5) is 0 Å². The highest BCUT2D eigenvalue weighted by Gasteiger charge is 2.20. The number of nitrogens with zero attached hydrogens (tertiary/aromatic N) is 2. The SMILES string of the molecule is NC(N)=NCCOc1c2cccc1Cc1cccc(c1O)Cc1cccc(c1OCCN=C(N)N)Cc1cccc(c1O)C2. The molecule has 10 heteroatoms. The van der Waals surface area contributed by atoms with Crippen LogP contribution < -0.4 is 32.4 Å². The smallest absolute Gasteiger partial charge is 0.186 e. The fourth-order valence-corrected chi connectivity index (χ4v) is 5.53. The minimum atomic E-state index is -0.000757. The largest absolute Gasteiger partial charge is 0.507 e. The van der Waals surface area contributed by atoms with Crippen molar-refractivity contribution in [1.29, 1.82) is 0 Å². The summed E-state index contributed by atoms with van der Waals surface area (Å²) in [5.41, 5.74) is 28.7. The van der Waals surface area contributed by atoms with Gasteiger partial charge in [0, 0.05) is 25.7 Å². The fourth-order valence-electron chi connectivity index (χ4n) is 5.53. The fraction of sp³-hybridized carbons (Fsp3) is 0.235. The quantitative estimate of drug-likeness (QED) is 0.0898. The van der Waals surface area contributed by atoms with Crippen molar-refractivity contribution < 1.29 is 19.7 Å². The normalized spacial score (nSPS) is 12.2. The van der Waals surface area contributed by atoms with Gasteiger partial charge in [-0.05, 0) is 44.5 Å². The third-order valence-electron chi connectivity index (χ3n) is 7.55. The molecular formula is C34H38N6O4. The Morgan fingerprint density at radius 2 is 0.773 bits per heavy atom. The number of phenols is 2. The molecule has 0 unspecified atom stereocenters. The molecule has 0 amide bonds. The molecule has 0 heterocycles. The monoisotopic (exact) mass is 594 g/mol. The Bertz CT molecular complexity index is 1480. The van der Waals surface area contributed by atoms with Crippen LogP contribution in [0.3, 0.4) is 0 Å². The molecule has 0 saturated heterocycles. The number of nitrogens with two attached hydrogens (primary N) is 4. The Morgan fingerprint density at radius 1 is 0.500 bits per heavy atom. The molecule has 0 atom stereocenters. The average Bonchev–Trinajstić information content (AvgIpc) is 2.98.